The highest BCUT2D eigenvalue weighted by Crippen LogP contribution is 2.43. The molecule has 0 N–H and O–H groups in total. The average molecular weight is 662 g/mol. The molecule has 1 saturated carbocycles. The fourth-order valence-corrected chi connectivity index (χ4v) is 9.02. The topological polar surface area (TPSA) is 3.24 Å². The lowest BCUT2D eigenvalue weighted by Gasteiger charge is -2.27. The molecule has 0 spiro atoms. The fourth-order valence-electron chi connectivity index (χ4n) is 7.89. The van der Waals surface area contributed by atoms with Crippen molar-refractivity contribution in [2.24, 2.45) is 0 Å². The highest BCUT2D eigenvalue weighted by molar-refractivity contribution is 7.25. The zero-order valence-corrected chi connectivity index (χ0v) is 29.0. The Kier molecular flexibility index (Phi) is 8.24. The van der Waals surface area contributed by atoms with E-state index in [0.717, 1.165) is 5.69 Å². The number of rotatable bonds is 7. The standard InChI is InChI=1S/C48H39NS/c1-4-12-34(13-5-1)36-20-25-40(26-21-36)49(42-29-31-45-44-18-10-11-19-47(44)50-48(45)33-42)41-27-22-38(23-28-41)43-30-24-39(35-14-6-2-7-15-35)32-46(43)37-16-8-3-9-17-37/h2-3,6-11,14-34H,1,4-5,12-13H2. The molecular formula is C48H39NS. The Morgan fingerprint density at radius 1 is 0.400 bits per heavy atom. The van der Waals surface area contributed by atoms with Crippen molar-refractivity contribution in [3.05, 3.63) is 175 Å². The van der Waals surface area contributed by atoms with E-state index in [4.69, 9.17) is 0 Å². The number of fused-ring (bicyclic) bond motifs is 3. The van der Waals surface area contributed by atoms with Gasteiger partial charge >= 0.3 is 0 Å². The Morgan fingerprint density at radius 2 is 0.980 bits per heavy atom. The van der Waals surface area contributed by atoms with E-state index in [1.807, 2.05) is 11.3 Å². The van der Waals surface area contributed by atoms with E-state index < -0.39 is 0 Å². The maximum Gasteiger partial charge on any atom is 0.0476 e. The predicted octanol–water partition coefficient (Wildman–Crippen LogP) is 14.6. The second-order valence-corrected chi connectivity index (χ2v) is 14.7. The lowest BCUT2D eigenvalue weighted by molar-refractivity contribution is 0.443. The van der Waals surface area contributed by atoms with Crippen molar-refractivity contribution in [2.75, 3.05) is 4.90 Å². The normalized spacial score (nSPS) is 13.5. The third kappa shape index (κ3) is 5.91. The molecule has 7 aromatic carbocycles. The minimum absolute atomic E-state index is 0.688. The summed E-state index contributed by atoms with van der Waals surface area (Å²) in [5.41, 5.74) is 12.4. The van der Waals surface area contributed by atoms with Crippen molar-refractivity contribution in [2.45, 2.75) is 38.0 Å². The Morgan fingerprint density at radius 3 is 1.72 bits per heavy atom. The number of anilines is 3. The quantitative estimate of drug-likeness (QED) is 0.164. The molecule has 0 amide bonds. The van der Waals surface area contributed by atoms with E-state index in [0.29, 0.717) is 5.92 Å². The van der Waals surface area contributed by atoms with Crippen LogP contribution in [0.1, 0.15) is 43.6 Å². The molecule has 2 heteroatoms. The zero-order chi connectivity index (χ0) is 33.3. The number of benzene rings is 7. The van der Waals surface area contributed by atoms with Gasteiger partial charge in [0.15, 0.2) is 0 Å². The molecule has 50 heavy (non-hydrogen) atoms. The molecule has 0 radical (unpaired) electrons. The minimum Gasteiger partial charge on any atom is -0.310 e. The number of hydrogen-bond acceptors (Lipinski definition) is 2. The summed E-state index contributed by atoms with van der Waals surface area (Å²) in [6.07, 6.45) is 6.69. The molecule has 1 fully saturated rings. The maximum atomic E-state index is 2.43. The van der Waals surface area contributed by atoms with Gasteiger partial charge in [-0.05, 0) is 106 Å². The van der Waals surface area contributed by atoms with Gasteiger partial charge in [0.25, 0.3) is 0 Å². The van der Waals surface area contributed by atoms with Gasteiger partial charge in [0.1, 0.15) is 0 Å². The van der Waals surface area contributed by atoms with E-state index in [1.165, 1.54) is 103 Å². The highest BCUT2D eigenvalue weighted by atomic mass is 32.1. The maximum absolute atomic E-state index is 2.43. The summed E-state index contributed by atoms with van der Waals surface area (Å²) in [5.74, 6) is 0.688. The molecule has 0 aliphatic heterocycles. The number of thiophene rings is 1. The summed E-state index contributed by atoms with van der Waals surface area (Å²) in [7, 11) is 0. The molecule has 1 aliphatic rings. The molecule has 1 aliphatic carbocycles. The first-order valence-corrected chi connectivity index (χ1v) is 18.8. The first-order chi connectivity index (χ1) is 24.8. The van der Waals surface area contributed by atoms with Crippen LogP contribution in [0.3, 0.4) is 0 Å². The van der Waals surface area contributed by atoms with Crippen LogP contribution < -0.4 is 4.90 Å². The Hall–Kier alpha value is -5.44. The van der Waals surface area contributed by atoms with Gasteiger partial charge in [-0.3, -0.25) is 0 Å². The molecule has 1 aromatic heterocycles. The van der Waals surface area contributed by atoms with Gasteiger partial charge in [-0.1, -0.05) is 141 Å². The summed E-state index contributed by atoms with van der Waals surface area (Å²) in [6, 6.07) is 62.6. The van der Waals surface area contributed by atoms with E-state index in [1.54, 1.807) is 0 Å². The Bertz CT molecular complexity index is 2380. The minimum atomic E-state index is 0.688. The van der Waals surface area contributed by atoms with Gasteiger partial charge in [-0.15, -0.1) is 11.3 Å². The van der Waals surface area contributed by atoms with Gasteiger partial charge in [0, 0.05) is 37.2 Å². The van der Waals surface area contributed by atoms with E-state index >= 15 is 0 Å². The molecule has 1 nitrogen and oxygen atoms in total. The van der Waals surface area contributed by atoms with Crippen LogP contribution in [0.25, 0.3) is 53.6 Å². The van der Waals surface area contributed by atoms with Crippen molar-refractivity contribution in [1.82, 2.24) is 0 Å². The van der Waals surface area contributed by atoms with Crippen molar-refractivity contribution >= 4 is 48.6 Å². The smallest absolute Gasteiger partial charge is 0.0476 e. The fraction of sp³-hybridized carbons (Fsp3) is 0.125. The average Bonchev–Trinajstić information content (AvgIpc) is 3.57. The zero-order valence-electron chi connectivity index (χ0n) is 28.1. The van der Waals surface area contributed by atoms with Crippen LogP contribution in [-0.2, 0) is 0 Å². The lowest BCUT2D eigenvalue weighted by Crippen LogP contribution is -2.10. The predicted molar refractivity (Wildman–Crippen MR) is 216 cm³/mol. The number of hydrogen-bond donors (Lipinski definition) is 0. The third-order valence-corrected chi connectivity index (χ3v) is 11.6. The third-order valence-electron chi connectivity index (χ3n) is 10.5. The van der Waals surface area contributed by atoms with E-state index in [2.05, 4.69) is 175 Å². The Labute approximate surface area is 299 Å². The van der Waals surface area contributed by atoms with E-state index in [-0.39, 0.29) is 0 Å². The molecule has 0 saturated heterocycles. The molecule has 0 unspecified atom stereocenters. The van der Waals surface area contributed by atoms with Crippen molar-refractivity contribution in [3.63, 3.8) is 0 Å². The summed E-state index contributed by atoms with van der Waals surface area (Å²) >= 11 is 1.88. The summed E-state index contributed by atoms with van der Waals surface area (Å²) in [4.78, 5) is 2.43. The summed E-state index contributed by atoms with van der Waals surface area (Å²) < 4.78 is 2.65. The number of nitrogens with zero attached hydrogens (tertiary/aromatic N) is 1. The summed E-state index contributed by atoms with van der Waals surface area (Å²) in [6.45, 7) is 0. The van der Waals surface area contributed by atoms with Crippen molar-refractivity contribution in [3.8, 4) is 33.4 Å². The highest BCUT2D eigenvalue weighted by Gasteiger charge is 2.19. The molecular weight excluding hydrogens is 623 g/mol. The van der Waals surface area contributed by atoms with Gasteiger partial charge in [0.2, 0.25) is 0 Å². The van der Waals surface area contributed by atoms with Crippen LogP contribution >= 0.6 is 11.3 Å². The largest absolute Gasteiger partial charge is 0.310 e. The van der Waals surface area contributed by atoms with Crippen molar-refractivity contribution < 1.29 is 0 Å². The van der Waals surface area contributed by atoms with Crippen LogP contribution in [0.15, 0.2) is 170 Å². The second-order valence-electron chi connectivity index (χ2n) is 13.6. The Balaban J connectivity index is 1.13. The molecule has 0 atom stereocenters. The summed E-state index contributed by atoms with van der Waals surface area (Å²) in [5, 5.41) is 2.66. The van der Waals surface area contributed by atoms with Gasteiger partial charge in [-0.25, -0.2) is 0 Å². The van der Waals surface area contributed by atoms with Gasteiger partial charge < -0.3 is 4.90 Å². The molecule has 8 aromatic rings. The van der Waals surface area contributed by atoms with E-state index in [9.17, 15) is 0 Å². The van der Waals surface area contributed by atoms with Gasteiger partial charge in [-0.2, -0.15) is 0 Å². The molecule has 242 valence electrons. The first kappa shape index (κ1) is 30.6. The van der Waals surface area contributed by atoms with Crippen LogP contribution in [0.4, 0.5) is 17.1 Å². The van der Waals surface area contributed by atoms with Crippen LogP contribution in [0.2, 0.25) is 0 Å². The monoisotopic (exact) mass is 661 g/mol. The second kappa shape index (κ2) is 13.5. The molecule has 1 heterocycles. The molecule has 9 rings (SSSR count). The van der Waals surface area contributed by atoms with Gasteiger partial charge in [0.05, 0.1) is 0 Å². The van der Waals surface area contributed by atoms with Crippen LogP contribution in [-0.4, -0.2) is 0 Å². The van der Waals surface area contributed by atoms with Crippen molar-refractivity contribution in [1.29, 1.82) is 0 Å². The SMILES string of the molecule is c1ccc(-c2ccc(-c3ccc(N(c4ccc(C5CCCCC5)cc4)c4ccc5c(c4)sc4ccccc45)cc3)c(-c3ccccc3)c2)cc1. The van der Waals surface area contributed by atoms with Crippen LogP contribution in [0, 0.1) is 0 Å². The first-order valence-electron chi connectivity index (χ1n) is 18.0. The lowest BCUT2D eigenvalue weighted by atomic mass is 9.84. The van der Waals surface area contributed by atoms with Crippen LogP contribution in [0.5, 0.6) is 0 Å². The molecule has 0 bridgehead atoms.